The summed E-state index contributed by atoms with van der Waals surface area (Å²) >= 11 is 5.35. The van der Waals surface area contributed by atoms with Gasteiger partial charge in [-0.05, 0) is 106 Å². The normalized spacial score (nSPS) is 30.6. The summed E-state index contributed by atoms with van der Waals surface area (Å²) in [5, 5.41) is 167. The number of ether oxygens (including phenoxy) is 2. The van der Waals surface area contributed by atoms with Crippen LogP contribution in [0.5, 0.6) is 0 Å². The Kier molecular flexibility index (Phi) is 22.9. The number of aliphatic hydroxyl groups excluding tert-OH is 16. The zero-order chi connectivity index (χ0) is 70.2. The fourth-order valence-electron chi connectivity index (χ4n) is 13.9. The smallest absolute Gasteiger partial charge is 0.132 e. The van der Waals surface area contributed by atoms with Crippen LogP contribution in [0.25, 0.3) is 90.9 Å². The fraction of sp³-hybridized carbons (Fsp3) is 0.405. The zero-order valence-electron chi connectivity index (χ0n) is 54.0. The molecule has 8 bridgehead atoms. The van der Waals surface area contributed by atoms with Gasteiger partial charge in [0.1, 0.15) is 71.9 Å². The second-order valence-electron chi connectivity index (χ2n) is 26.3. The SMILES string of the molecule is OCC1CC(SCc2ccc(-c3c4nc(c(-c5ccc(CSC6CC(CO)C(O)C(O)C6O)cc5)c5ccc([nH]5)c(-c5ccc(CSC6OC(CO)C(O)C(O)C6O)cc5)c5nc(c(-c6ccc(CSC7OC(CO)C(O)C(O)C7O)cc6)c6ccc3[nH]6)C=C5)C=C4)cc2)C(O)C(O)C1O. The number of rotatable bonds is 20. The molecule has 7 heterocycles. The summed E-state index contributed by atoms with van der Waals surface area (Å²) in [5.41, 5.74) is 13.3. The van der Waals surface area contributed by atoms with E-state index in [2.05, 4.69) is 9.97 Å². The third kappa shape index (κ3) is 15.0. The van der Waals surface area contributed by atoms with E-state index in [0.717, 1.165) is 77.8 Å². The molecule has 20 atom stereocenters. The van der Waals surface area contributed by atoms with Gasteiger partial charge in [-0.1, -0.05) is 97.1 Å². The predicted molar refractivity (Wildman–Crippen MR) is 387 cm³/mol. The molecule has 0 amide bonds. The number of aromatic nitrogens is 4. The molecule has 7 aromatic rings. The van der Waals surface area contributed by atoms with Crippen LogP contribution in [0.4, 0.5) is 0 Å². The number of fused-ring (bicyclic) bond motifs is 8. The molecular weight excluding hydrogens is 1360 g/mol. The summed E-state index contributed by atoms with van der Waals surface area (Å²) in [7, 11) is 0. The molecule has 4 aromatic carbocycles. The highest BCUT2D eigenvalue weighted by Crippen LogP contribution is 2.43. The number of aliphatic hydroxyl groups is 16. The topological polar surface area (TPSA) is 400 Å². The van der Waals surface area contributed by atoms with Gasteiger partial charge in [0.05, 0.1) is 60.4 Å². The van der Waals surface area contributed by atoms with Crippen molar-refractivity contribution in [2.75, 3.05) is 26.4 Å². The molecule has 100 heavy (non-hydrogen) atoms. The molecule has 20 unspecified atom stereocenters. The number of benzene rings is 4. The van der Waals surface area contributed by atoms with Crippen molar-refractivity contribution in [3.8, 4) is 44.5 Å². The van der Waals surface area contributed by atoms with E-state index < -0.39 is 132 Å². The highest BCUT2D eigenvalue weighted by molar-refractivity contribution is 7.99. The van der Waals surface area contributed by atoms with Crippen LogP contribution in [0, 0.1) is 11.8 Å². The van der Waals surface area contributed by atoms with Gasteiger partial charge in [0.25, 0.3) is 0 Å². The van der Waals surface area contributed by atoms with Crippen LogP contribution in [-0.4, -0.2) is 235 Å². The van der Waals surface area contributed by atoms with Crippen LogP contribution in [0.2, 0.25) is 0 Å². The quantitative estimate of drug-likeness (QED) is 0.0488. The first kappa shape index (κ1) is 72.5. The zero-order valence-corrected chi connectivity index (χ0v) is 57.2. The molecule has 2 saturated carbocycles. The van der Waals surface area contributed by atoms with Crippen LogP contribution in [0.1, 0.15) is 57.9 Å². The lowest BCUT2D eigenvalue weighted by Crippen LogP contribution is -2.57. The molecule has 13 rings (SSSR count). The number of nitrogens with one attached hydrogen (secondary N) is 2. The lowest BCUT2D eigenvalue weighted by atomic mass is 9.83. The summed E-state index contributed by atoms with van der Waals surface area (Å²) in [6.45, 7) is -1.73. The minimum Gasteiger partial charge on any atom is -0.396 e. The third-order valence-electron chi connectivity index (χ3n) is 19.8. The molecule has 4 fully saturated rings. The van der Waals surface area contributed by atoms with Crippen LogP contribution >= 0.6 is 47.0 Å². The van der Waals surface area contributed by atoms with E-state index in [1.807, 2.05) is 146 Å². The Labute approximate surface area is 592 Å². The van der Waals surface area contributed by atoms with Gasteiger partial charge in [-0.15, -0.1) is 23.5 Å². The summed E-state index contributed by atoms with van der Waals surface area (Å²) in [6.07, 6.45) is -9.98. The molecular formula is C74H82N4O18S4. The lowest BCUT2D eigenvalue weighted by Gasteiger charge is -2.39. The monoisotopic (exact) mass is 1440 g/mol. The molecule has 26 heteroatoms. The average molecular weight is 1440 g/mol. The second-order valence-corrected chi connectivity index (χ2v) is 30.9. The Morgan fingerprint density at radius 1 is 0.310 bits per heavy atom. The van der Waals surface area contributed by atoms with Gasteiger partial charge in [-0.2, -0.15) is 23.5 Å². The van der Waals surface area contributed by atoms with E-state index in [-0.39, 0.29) is 13.2 Å². The number of thioether (sulfide) groups is 4. The minimum atomic E-state index is -1.51. The molecule has 530 valence electrons. The van der Waals surface area contributed by atoms with E-state index in [0.29, 0.717) is 69.7 Å². The standard InChI is InChI=1S/C74H82N4O18S4/c79-27-43-25-55(65(87)67(89)61(43)83)97-31-35-1-9-39(10-2-35)57-45-17-18-46(75-45)58(40-11-3-36(4-12-40)32-98-56-26-44(28-80)62(84)68(90)66(56)88)48-20-22-50(77-48)60(42-15-7-38(8-16-42)34-100-74-72(94)70(92)64(86)54(30-82)96-74)52-24-23-51(78-52)59(49-21-19-47(57)76-49)41-13-5-37(6-14-41)33-99-73-71(93)69(91)63(85)53(29-81)95-73/h1-24,43-44,53-56,61-74,76-77,79-94H,25-34H2. The summed E-state index contributed by atoms with van der Waals surface area (Å²) in [6, 6.07) is 39.8. The van der Waals surface area contributed by atoms with Gasteiger partial charge in [-0.3, -0.25) is 0 Å². The third-order valence-corrected chi connectivity index (χ3v) is 25.1. The maximum atomic E-state index is 11.0. The predicted octanol–water partition coefficient (Wildman–Crippen LogP) is 4.78. The summed E-state index contributed by atoms with van der Waals surface area (Å²) in [5.74, 6) is 0.467. The van der Waals surface area contributed by atoms with Crippen LogP contribution in [-0.2, 0) is 32.5 Å². The lowest BCUT2D eigenvalue weighted by molar-refractivity contribution is -0.205. The molecule has 0 radical (unpaired) electrons. The largest absolute Gasteiger partial charge is 0.396 e. The van der Waals surface area contributed by atoms with Crippen LogP contribution in [0.15, 0.2) is 121 Å². The number of aromatic amines is 2. The number of hydrogen-bond donors (Lipinski definition) is 18. The van der Waals surface area contributed by atoms with E-state index >= 15 is 0 Å². The Morgan fingerprint density at radius 3 is 0.850 bits per heavy atom. The van der Waals surface area contributed by atoms with Crippen molar-refractivity contribution in [1.29, 1.82) is 0 Å². The van der Waals surface area contributed by atoms with Crippen molar-refractivity contribution >= 4 is 93.4 Å². The average Bonchev–Trinajstić information content (AvgIpc) is 1.57. The molecule has 22 nitrogen and oxygen atoms in total. The molecule has 4 aliphatic heterocycles. The van der Waals surface area contributed by atoms with E-state index in [4.69, 9.17) is 19.4 Å². The Balaban J connectivity index is 0.937. The van der Waals surface area contributed by atoms with Crippen LogP contribution < -0.4 is 0 Å². The van der Waals surface area contributed by atoms with Gasteiger partial charge < -0.3 is 101 Å². The maximum Gasteiger partial charge on any atom is 0.132 e. The molecule has 2 saturated heterocycles. The molecule has 2 aliphatic carbocycles. The summed E-state index contributed by atoms with van der Waals surface area (Å²) in [4.78, 5) is 18.6. The fourth-order valence-corrected chi connectivity index (χ4v) is 18.9. The van der Waals surface area contributed by atoms with Crippen molar-refractivity contribution in [3.63, 3.8) is 0 Å². The van der Waals surface area contributed by atoms with Crippen molar-refractivity contribution < 1.29 is 91.2 Å². The van der Waals surface area contributed by atoms with Crippen molar-refractivity contribution in [2.45, 2.75) is 143 Å². The maximum absolute atomic E-state index is 11.0. The Bertz CT molecular complexity index is 3690. The van der Waals surface area contributed by atoms with Gasteiger partial charge in [-0.25, -0.2) is 9.97 Å². The van der Waals surface area contributed by atoms with Gasteiger partial charge in [0.15, 0.2) is 0 Å². The molecule has 3 aromatic heterocycles. The van der Waals surface area contributed by atoms with Crippen molar-refractivity contribution in [2.24, 2.45) is 11.8 Å². The van der Waals surface area contributed by atoms with E-state index in [9.17, 15) is 81.7 Å². The molecule has 18 N–H and O–H groups in total. The van der Waals surface area contributed by atoms with Crippen molar-refractivity contribution in [1.82, 2.24) is 19.9 Å². The first-order valence-electron chi connectivity index (χ1n) is 33.2. The Hall–Kier alpha value is -5.84. The molecule has 6 aliphatic rings. The van der Waals surface area contributed by atoms with E-state index in [1.54, 1.807) is 0 Å². The number of hydrogen-bond acceptors (Lipinski definition) is 24. The van der Waals surface area contributed by atoms with Gasteiger partial charge >= 0.3 is 0 Å². The highest BCUT2D eigenvalue weighted by Gasteiger charge is 2.46. The number of H-pyrrole nitrogens is 2. The highest BCUT2D eigenvalue weighted by atomic mass is 32.2. The Morgan fingerprint density at radius 2 is 0.580 bits per heavy atom. The first-order valence-corrected chi connectivity index (χ1v) is 37.4. The minimum absolute atomic E-state index is 0.322. The summed E-state index contributed by atoms with van der Waals surface area (Å²) < 4.78 is 11.6. The van der Waals surface area contributed by atoms with Crippen molar-refractivity contribution in [3.05, 3.63) is 166 Å². The van der Waals surface area contributed by atoms with Gasteiger partial charge in [0, 0.05) is 103 Å². The number of nitrogens with zero attached hydrogens (tertiary/aromatic N) is 2. The molecule has 0 spiro atoms. The van der Waals surface area contributed by atoms with Gasteiger partial charge in [0.2, 0.25) is 0 Å². The second kappa shape index (κ2) is 31.6. The van der Waals surface area contributed by atoms with E-state index in [1.165, 1.54) is 47.0 Å². The first-order chi connectivity index (χ1) is 48.3. The van der Waals surface area contributed by atoms with Crippen LogP contribution in [0.3, 0.4) is 0 Å².